The highest BCUT2D eigenvalue weighted by atomic mass is 16.6. The number of amides is 1. The fourth-order valence-electron chi connectivity index (χ4n) is 2.22. The number of carbonyl (C=O) groups is 2. The Hall–Kier alpha value is -3.06. The van der Waals surface area contributed by atoms with Crippen LogP contribution in [0.4, 0.5) is 4.79 Å². The van der Waals surface area contributed by atoms with Crippen molar-refractivity contribution in [3.63, 3.8) is 0 Å². The van der Waals surface area contributed by atoms with Gasteiger partial charge in [0, 0.05) is 7.11 Å². The van der Waals surface area contributed by atoms with Gasteiger partial charge in [-0.25, -0.2) is 9.59 Å². The molecular weight excluding hydrogens is 350 g/mol. The number of hydrogen-bond acceptors (Lipinski definition) is 6. The van der Waals surface area contributed by atoms with Crippen LogP contribution in [0, 0.1) is 0 Å². The maximum Gasteiger partial charge on any atom is 0.408 e. The van der Waals surface area contributed by atoms with Gasteiger partial charge in [-0.15, -0.1) is 0 Å². The van der Waals surface area contributed by atoms with Crippen LogP contribution in [-0.4, -0.2) is 38.9 Å². The second-order valence-electron chi connectivity index (χ2n) is 5.67. The molecule has 0 aromatic heterocycles. The predicted octanol–water partition coefficient (Wildman–Crippen LogP) is 2.68. The van der Waals surface area contributed by atoms with Crippen LogP contribution in [0.2, 0.25) is 0 Å². The number of benzene rings is 2. The molecule has 27 heavy (non-hydrogen) atoms. The van der Waals surface area contributed by atoms with Gasteiger partial charge in [-0.3, -0.25) is 0 Å². The topological polar surface area (TPSA) is 83.1 Å². The number of hydrogen-bond donors (Lipinski definition) is 1. The Morgan fingerprint density at radius 1 is 0.889 bits per heavy atom. The summed E-state index contributed by atoms with van der Waals surface area (Å²) in [4.78, 5) is 24.2. The molecule has 7 heteroatoms. The van der Waals surface area contributed by atoms with Crippen LogP contribution in [0.25, 0.3) is 0 Å². The van der Waals surface area contributed by atoms with Gasteiger partial charge in [-0.2, -0.15) is 0 Å². The van der Waals surface area contributed by atoms with Crippen LogP contribution in [0.5, 0.6) is 5.75 Å². The van der Waals surface area contributed by atoms with E-state index in [-0.39, 0.29) is 19.8 Å². The third kappa shape index (κ3) is 6.99. The van der Waals surface area contributed by atoms with E-state index in [0.717, 1.165) is 11.1 Å². The molecule has 1 amide bonds. The third-order valence-corrected chi connectivity index (χ3v) is 3.66. The monoisotopic (exact) mass is 373 g/mol. The van der Waals surface area contributed by atoms with Gasteiger partial charge in [0.1, 0.15) is 19.0 Å². The summed E-state index contributed by atoms with van der Waals surface area (Å²) in [5.41, 5.74) is 1.64. The van der Waals surface area contributed by atoms with Crippen molar-refractivity contribution in [2.24, 2.45) is 0 Å². The van der Waals surface area contributed by atoms with Crippen molar-refractivity contribution >= 4 is 12.1 Å². The summed E-state index contributed by atoms with van der Waals surface area (Å²) < 4.78 is 20.4. The summed E-state index contributed by atoms with van der Waals surface area (Å²) in [6.45, 7) is 0.155. The first-order chi connectivity index (χ1) is 13.1. The van der Waals surface area contributed by atoms with Crippen molar-refractivity contribution in [3.8, 4) is 5.75 Å². The molecular formula is C20H23NO6. The molecule has 0 heterocycles. The number of nitrogens with one attached hydrogen (secondary N) is 1. The fourth-order valence-corrected chi connectivity index (χ4v) is 2.22. The van der Waals surface area contributed by atoms with Crippen molar-refractivity contribution in [1.82, 2.24) is 5.32 Å². The lowest BCUT2D eigenvalue weighted by Gasteiger charge is -2.17. The molecule has 2 aromatic rings. The molecule has 2 aromatic carbocycles. The molecule has 0 spiro atoms. The van der Waals surface area contributed by atoms with E-state index in [0.29, 0.717) is 5.75 Å². The molecule has 0 aliphatic rings. The normalized spacial score (nSPS) is 11.3. The minimum absolute atomic E-state index is 0.0226. The molecule has 1 atom stereocenters. The van der Waals surface area contributed by atoms with E-state index in [4.69, 9.17) is 18.9 Å². The largest absolute Gasteiger partial charge is 0.497 e. The summed E-state index contributed by atoms with van der Waals surface area (Å²) in [6, 6.07) is 15.4. The Morgan fingerprint density at radius 3 is 2.15 bits per heavy atom. The Labute approximate surface area is 158 Å². The minimum Gasteiger partial charge on any atom is -0.497 e. The zero-order valence-corrected chi connectivity index (χ0v) is 15.3. The van der Waals surface area contributed by atoms with Crippen LogP contribution < -0.4 is 10.1 Å². The van der Waals surface area contributed by atoms with Gasteiger partial charge in [-0.05, 0) is 23.3 Å². The summed E-state index contributed by atoms with van der Waals surface area (Å²) in [6.07, 6.45) is -0.732. The standard InChI is InChI=1S/C20H23NO6/c1-24-14-18(19(22)26-12-15-6-4-3-5-7-15)21-20(23)27-13-16-8-10-17(25-2)11-9-16/h3-11,18H,12-14H2,1-2H3,(H,21,23)/t18-/m1/s1. The Balaban J connectivity index is 1.82. The number of methoxy groups -OCH3 is 2. The molecule has 144 valence electrons. The molecule has 0 aliphatic carbocycles. The van der Waals surface area contributed by atoms with E-state index in [2.05, 4.69) is 5.32 Å². The number of rotatable bonds is 9. The van der Waals surface area contributed by atoms with Gasteiger partial charge in [0.15, 0.2) is 6.04 Å². The predicted molar refractivity (Wildman–Crippen MR) is 98.2 cm³/mol. The lowest BCUT2D eigenvalue weighted by Crippen LogP contribution is -2.45. The van der Waals surface area contributed by atoms with E-state index < -0.39 is 18.1 Å². The molecule has 0 fully saturated rings. The van der Waals surface area contributed by atoms with Gasteiger partial charge in [0.05, 0.1) is 13.7 Å². The van der Waals surface area contributed by atoms with E-state index in [1.165, 1.54) is 7.11 Å². The highest BCUT2D eigenvalue weighted by Gasteiger charge is 2.23. The maximum atomic E-state index is 12.2. The van der Waals surface area contributed by atoms with E-state index in [9.17, 15) is 9.59 Å². The van der Waals surface area contributed by atoms with Crippen molar-refractivity contribution in [2.75, 3.05) is 20.8 Å². The smallest absolute Gasteiger partial charge is 0.408 e. The number of alkyl carbamates (subject to hydrolysis) is 1. The van der Waals surface area contributed by atoms with Crippen LogP contribution in [0.1, 0.15) is 11.1 Å². The summed E-state index contributed by atoms with van der Waals surface area (Å²) >= 11 is 0. The fraction of sp³-hybridized carbons (Fsp3) is 0.300. The Kier molecular flexibility index (Phi) is 8.12. The quantitative estimate of drug-likeness (QED) is 0.681. The molecule has 0 saturated carbocycles. The lowest BCUT2D eigenvalue weighted by molar-refractivity contribution is -0.148. The molecule has 7 nitrogen and oxygen atoms in total. The number of carbonyl (C=O) groups excluding carboxylic acids is 2. The highest BCUT2D eigenvalue weighted by Crippen LogP contribution is 2.12. The second kappa shape index (κ2) is 10.8. The Bertz CT molecular complexity index is 717. The highest BCUT2D eigenvalue weighted by molar-refractivity contribution is 5.81. The average Bonchev–Trinajstić information content (AvgIpc) is 2.71. The average molecular weight is 373 g/mol. The molecule has 0 aliphatic heterocycles. The zero-order chi connectivity index (χ0) is 19.5. The first kappa shape index (κ1) is 20.3. The number of ether oxygens (including phenoxy) is 4. The molecule has 1 N–H and O–H groups in total. The minimum atomic E-state index is -0.956. The van der Waals surface area contributed by atoms with Crippen LogP contribution in [0.3, 0.4) is 0 Å². The van der Waals surface area contributed by atoms with Gasteiger partial charge in [-0.1, -0.05) is 42.5 Å². The van der Waals surface area contributed by atoms with Gasteiger partial charge in [0.25, 0.3) is 0 Å². The van der Waals surface area contributed by atoms with E-state index in [1.54, 1.807) is 31.4 Å². The van der Waals surface area contributed by atoms with Crippen LogP contribution >= 0.6 is 0 Å². The van der Waals surface area contributed by atoms with Crippen molar-refractivity contribution in [3.05, 3.63) is 65.7 Å². The summed E-state index contributed by atoms with van der Waals surface area (Å²) in [5, 5.41) is 2.46. The molecule has 0 radical (unpaired) electrons. The SMILES string of the molecule is COC[C@@H](NC(=O)OCc1ccc(OC)cc1)C(=O)OCc1ccccc1. The van der Waals surface area contributed by atoms with Crippen LogP contribution in [0.15, 0.2) is 54.6 Å². The molecule has 0 saturated heterocycles. The molecule has 0 bridgehead atoms. The summed E-state index contributed by atoms with van der Waals surface area (Å²) in [7, 11) is 3.01. The third-order valence-electron chi connectivity index (χ3n) is 3.66. The van der Waals surface area contributed by atoms with Gasteiger partial charge in [0.2, 0.25) is 0 Å². The molecule has 0 unspecified atom stereocenters. The van der Waals surface area contributed by atoms with E-state index in [1.807, 2.05) is 30.3 Å². The van der Waals surface area contributed by atoms with Crippen LogP contribution in [-0.2, 0) is 32.2 Å². The lowest BCUT2D eigenvalue weighted by atomic mass is 10.2. The number of esters is 1. The van der Waals surface area contributed by atoms with Crippen molar-refractivity contribution in [1.29, 1.82) is 0 Å². The Morgan fingerprint density at radius 2 is 1.52 bits per heavy atom. The first-order valence-corrected chi connectivity index (χ1v) is 8.38. The summed E-state index contributed by atoms with van der Waals surface area (Å²) in [5.74, 6) is 0.117. The van der Waals surface area contributed by atoms with E-state index >= 15 is 0 Å². The first-order valence-electron chi connectivity index (χ1n) is 8.38. The van der Waals surface area contributed by atoms with Crippen molar-refractivity contribution < 1.29 is 28.5 Å². The van der Waals surface area contributed by atoms with Gasteiger partial charge >= 0.3 is 12.1 Å². The zero-order valence-electron chi connectivity index (χ0n) is 15.3. The molecule has 2 rings (SSSR count). The van der Waals surface area contributed by atoms with Crippen molar-refractivity contribution in [2.45, 2.75) is 19.3 Å². The second-order valence-corrected chi connectivity index (χ2v) is 5.67. The van der Waals surface area contributed by atoms with Gasteiger partial charge < -0.3 is 24.3 Å². The maximum absolute atomic E-state index is 12.2.